The number of amides is 1. The summed E-state index contributed by atoms with van der Waals surface area (Å²) in [5, 5.41) is 0. The van der Waals surface area contributed by atoms with Crippen molar-refractivity contribution in [3.05, 3.63) is 35.4 Å². The van der Waals surface area contributed by atoms with Crippen molar-refractivity contribution >= 4 is 30.7 Å². The van der Waals surface area contributed by atoms with Crippen LogP contribution in [0.1, 0.15) is 18.1 Å². The van der Waals surface area contributed by atoms with Crippen molar-refractivity contribution < 1.29 is 4.79 Å². The van der Waals surface area contributed by atoms with Crippen molar-refractivity contribution in [2.24, 2.45) is 11.7 Å². The van der Waals surface area contributed by atoms with Crippen molar-refractivity contribution in [2.45, 2.75) is 20.4 Å². The summed E-state index contributed by atoms with van der Waals surface area (Å²) in [6.45, 7) is 8.94. The highest BCUT2D eigenvalue weighted by atomic mass is 35.5. The Morgan fingerprint density at radius 2 is 1.86 bits per heavy atom. The maximum Gasteiger partial charge on any atom is 0.226 e. The summed E-state index contributed by atoms with van der Waals surface area (Å²) >= 11 is 0. The molecule has 1 amide bonds. The highest BCUT2D eigenvalue weighted by molar-refractivity contribution is 5.85. The van der Waals surface area contributed by atoms with Gasteiger partial charge in [0.1, 0.15) is 0 Å². The minimum absolute atomic E-state index is 0. The van der Waals surface area contributed by atoms with Crippen LogP contribution in [-0.2, 0) is 11.3 Å². The van der Waals surface area contributed by atoms with Gasteiger partial charge >= 0.3 is 0 Å². The minimum atomic E-state index is -0.0571. The van der Waals surface area contributed by atoms with Crippen LogP contribution in [0.15, 0.2) is 24.3 Å². The summed E-state index contributed by atoms with van der Waals surface area (Å²) in [6, 6.07) is 8.62. The first kappa shape index (κ1) is 21.2. The smallest absolute Gasteiger partial charge is 0.226 e. The zero-order chi connectivity index (χ0) is 14.5. The SMILES string of the molecule is Cc1cccc(CN2CCN(C(=O)C(C)CN)CC2)c1.Cl.Cl. The summed E-state index contributed by atoms with van der Waals surface area (Å²) in [7, 11) is 0. The van der Waals surface area contributed by atoms with Crippen molar-refractivity contribution in [1.29, 1.82) is 0 Å². The molecule has 22 heavy (non-hydrogen) atoms. The molecule has 2 rings (SSSR count). The van der Waals surface area contributed by atoms with Crippen molar-refractivity contribution in [3.63, 3.8) is 0 Å². The third-order valence-electron chi connectivity index (χ3n) is 3.95. The normalized spacial score (nSPS) is 16.4. The van der Waals surface area contributed by atoms with Crippen LogP contribution in [0, 0.1) is 12.8 Å². The zero-order valence-electron chi connectivity index (χ0n) is 13.3. The van der Waals surface area contributed by atoms with Gasteiger partial charge in [0, 0.05) is 45.2 Å². The van der Waals surface area contributed by atoms with E-state index in [9.17, 15) is 4.79 Å². The lowest BCUT2D eigenvalue weighted by Crippen LogP contribution is -2.50. The van der Waals surface area contributed by atoms with Crippen LogP contribution in [0.4, 0.5) is 0 Å². The van der Waals surface area contributed by atoms with E-state index in [0.29, 0.717) is 6.54 Å². The number of aryl methyl sites for hydroxylation is 1. The van der Waals surface area contributed by atoms with Crippen LogP contribution in [0.2, 0.25) is 0 Å². The quantitative estimate of drug-likeness (QED) is 0.906. The van der Waals surface area contributed by atoms with E-state index in [1.54, 1.807) is 0 Å². The molecular formula is C16H27Cl2N3O. The third kappa shape index (κ3) is 5.76. The predicted molar refractivity (Wildman–Crippen MR) is 95.8 cm³/mol. The standard InChI is InChI=1S/C16H25N3O.2ClH/c1-13-4-3-5-15(10-13)12-18-6-8-19(9-7-18)16(20)14(2)11-17;;/h3-5,10,14H,6-9,11-12,17H2,1-2H3;2*1H. The second-order valence-corrected chi connectivity index (χ2v) is 5.73. The number of halogens is 2. The van der Waals surface area contributed by atoms with E-state index in [4.69, 9.17) is 5.73 Å². The third-order valence-corrected chi connectivity index (χ3v) is 3.95. The van der Waals surface area contributed by atoms with Crippen LogP contribution in [-0.4, -0.2) is 48.4 Å². The lowest BCUT2D eigenvalue weighted by Gasteiger charge is -2.35. The van der Waals surface area contributed by atoms with Gasteiger partial charge in [-0.1, -0.05) is 36.8 Å². The monoisotopic (exact) mass is 347 g/mol. The largest absolute Gasteiger partial charge is 0.340 e. The molecule has 0 bridgehead atoms. The maximum atomic E-state index is 12.1. The minimum Gasteiger partial charge on any atom is -0.340 e. The van der Waals surface area contributed by atoms with Gasteiger partial charge in [-0.2, -0.15) is 0 Å². The molecule has 1 aromatic rings. The molecule has 2 N–H and O–H groups in total. The first-order valence-electron chi connectivity index (χ1n) is 7.37. The zero-order valence-corrected chi connectivity index (χ0v) is 15.0. The van der Waals surface area contributed by atoms with Crippen LogP contribution in [0.5, 0.6) is 0 Å². The van der Waals surface area contributed by atoms with E-state index in [2.05, 4.69) is 36.1 Å². The molecular weight excluding hydrogens is 321 g/mol. The van der Waals surface area contributed by atoms with Gasteiger partial charge < -0.3 is 10.6 Å². The lowest BCUT2D eigenvalue weighted by atomic mass is 10.1. The highest BCUT2D eigenvalue weighted by Crippen LogP contribution is 2.11. The topological polar surface area (TPSA) is 49.6 Å². The molecule has 1 aromatic carbocycles. The Hall–Kier alpha value is -0.810. The average Bonchev–Trinajstić information content (AvgIpc) is 2.46. The van der Waals surface area contributed by atoms with Crippen molar-refractivity contribution in [2.75, 3.05) is 32.7 Å². The molecule has 4 nitrogen and oxygen atoms in total. The number of nitrogens with two attached hydrogens (primary N) is 1. The molecule has 1 saturated heterocycles. The molecule has 1 heterocycles. The van der Waals surface area contributed by atoms with E-state index >= 15 is 0 Å². The number of nitrogens with zero attached hydrogens (tertiary/aromatic N) is 2. The van der Waals surface area contributed by atoms with Crippen molar-refractivity contribution in [3.8, 4) is 0 Å². The van der Waals surface area contributed by atoms with Gasteiger partial charge in [-0.25, -0.2) is 0 Å². The van der Waals surface area contributed by atoms with Gasteiger partial charge in [0.2, 0.25) is 5.91 Å². The van der Waals surface area contributed by atoms with Crippen LogP contribution in [0.3, 0.4) is 0 Å². The number of piperazine rings is 1. The Balaban J connectivity index is 0.00000220. The lowest BCUT2D eigenvalue weighted by molar-refractivity contribution is -0.136. The van der Waals surface area contributed by atoms with Gasteiger partial charge in [-0.05, 0) is 12.5 Å². The summed E-state index contributed by atoms with van der Waals surface area (Å²) in [5.74, 6) is 0.140. The van der Waals surface area contributed by atoms with Gasteiger partial charge in [0.25, 0.3) is 0 Å². The average molecular weight is 348 g/mol. The fourth-order valence-corrected chi connectivity index (χ4v) is 2.61. The van der Waals surface area contributed by atoms with Gasteiger partial charge in [0.15, 0.2) is 0 Å². The van der Waals surface area contributed by atoms with Crippen LogP contribution >= 0.6 is 24.8 Å². The summed E-state index contributed by atoms with van der Waals surface area (Å²) in [4.78, 5) is 16.4. The molecule has 0 saturated carbocycles. The number of carbonyl (C=O) groups excluding carboxylic acids is 1. The van der Waals surface area contributed by atoms with Gasteiger partial charge in [-0.3, -0.25) is 9.69 Å². The van der Waals surface area contributed by atoms with E-state index in [-0.39, 0.29) is 36.6 Å². The van der Waals surface area contributed by atoms with Crippen LogP contribution in [0.25, 0.3) is 0 Å². The number of benzene rings is 1. The molecule has 1 aliphatic rings. The molecule has 0 aliphatic carbocycles. The Labute approximate surface area is 145 Å². The van der Waals surface area contributed by atoms with Crippen LogP contribution < -0.4 is 5.73 Å². The molecule has 0 spiro atoms. The predicted octanol–water partition coefficient (Wildman–Crippen LogP) is 2.08. The molecule has 126 valence electrons. The summed E-state index contributed by atoms with van der Waals surface area (Å²) in [6.07, 6.45) is 0. The number of carbonyl (C=O) groups is 1. The molecule has 1 aliphatic heterocycles. The van der Waals surface area contributed by atoms with E-state index in [1.807, 2.05) is 11.8 Å². The molecule has 0 aromatic heterocycles. The number of hydrogen-bond acceptors (Lipinski definition) is 3. The Morgan fingerprint density at radius 3 is 2.41 bits per heavy atom. The summed E-state index contributed by atoms with van der Waals surface area (Å²) in [5.41, 5.74) is 8.21. The van der Waals surface area contributed by atoms with Crippen molar-refractivity contribution in [1.82, 2.24) is 9.80 Å². The van der Waals surface area contributed by atoms with E-state index in [1.165, 1.54) is 11.1 Å². The van der Waals surface area contributed by atoms with Gasteiger partial charge in [0.05, 0.1) is 0 Å². The summed E-state index contributed by atoms with van der Waals surface area (Å²) < 4.78 is 0. The first-order chi connectivity index (χ1) is 9.60. The first-order valence-corrected chi connectivity index (χ1v) is 7.37. The van der Waals surface area contributed by atoms with Gasteiger partial charge in [-0.15, -0.1) is 24.8 Å². The Morgan fingerprint density at radius 1 is 1.23 bits per heavy atom. The fourth-order valence-electron chi connectivity index (χ4n) is 2.61. The molecule has 0 radical (unpaired) electrons. The second-order valence-electron chi connectivity index (χ2n) is 5.73. The maximum absolute atomic E-state index is 12.1. The molecule has 1 unspecified atom stereocenters. The number of rotatable bonds is 4. The Kier molecular flexibility index (Phi) is 9.69. The fraction of sp³-hybridized carbons (Fsp3) is 0.562. The Bertz CT molecular complexity index is 462. The van der Waals surface area contributed by atoms with E-state index in [0.717, 1.165) is 32.7 Å². The molecule has 6 heteroatoms. The highest BCUT2D eigenvalue weighted by Gasteiger charge is 2.23. The van der Waals surface area contributed by atoms with E-state index < -0.39 is 0 Å². The molecule has 1 fully saturated rings. The second kappa shape index (κ2) is 10.1. The number of hydrogen-bond donors (Lipinski definition) is 1. The molecule has 1 atom stereocenters.